The van der Waals surface area contributed by atoms with Gasteiger partial charge in [-0.15, -0.1) is 0 Å². The second kappa shape index (κ2) is 50.7. The van der Waals surface area contributed by atoms with Crippen molar-refractivity contribution in [3.63, 3.8) is 0 Å². The molecule has 0 radical (unpaired) electrons. The Labute approximate surface area is 423 Å². The molecule has 0 bridgehead atoms. The van der Waals surface area contributed by atoms with Crippen molar-refractivity contribution in [1.82, 2.24) is 0 Å². The summed E-state index contributed by atoms with van der Waals surface area (Å²) in [5, 5.41) is 32.0. The van der Waals surface area contributed by atoms with Crippen molar-refractivity contribution < 1.29 is 33.5 Å². The minimum Gasteiger partial charge on any atom is -0.513 e. The Morgan fingerprint density at radius 2 is 0.426 bits per heavy atom. The maximum Gasteiger partial charge on any atom is 0.475 e. The summed E-state index contributed by atoms with van der Waals surface area (Å²) in [4.78, 5) is 0. The number of phosphoric ester groups is 1. The molecule has 3 N–H and O–H groups in total. The zero-order valence-corrected chi connectivity index (χ0v) is 47.3. The molecule has 0 atom stereocenters. The highest BCUT2D eigenvalue weighted by molar-refractivity contribution is 7.48. The van der Waals surface area contributed by atoms with Crippen LogP contribution in [0.2, 0.25) is 0 Å². The van der Waals surface area contributed by atoms with E-state index in [1.54, 1.807) is 20.8 Å². The quantitative estimate of drug-likeness (QED) is 0.0317. The van der Waals surface area contributed by atoms with E-state index in [1.165, 1.54) is 231 Å². The third-order valence-corrected chi connectivity index (χ3v) is 15.6. The van der Waals surface area contributed by atoms with E-state index in [4.69, 9.17) is 13.6 Å². The third kappa shape index (κ3) is 44.7. The zero-order valence-electron chi connectivity index (χ0n) is 46.4. The molecule has 0 aromatic rings. The fraction of sp³-hybridized carbons (Fsp3) is 0.900. The van der Waals surface area contributed by atoms with Gasteiger partial charge < -0.3 is 15.3 Å². The first-order valence-electron chi connectivity index (χ1n) is 29.8. The number of hydrogen-bond acceptors (Lipinski definition) is 7. The summed E-state index contributed by atoms with van der Waals surface area (Å²) in [5.74, 6) is 0.543. The van der Waals surface area contributed by atoms with Crippen LogP contribution in [0.1, 0.15) is 330 Å². The van der Waals surface area contributed by atoms with Crippen LogP contribution in [0.4, 0.5) is 0 Å². The van der Waals surface area contributed by atoms with Crippen LogP contribution >= 0.6 is 7.82 Å². The van der Waals surface area contributed by atoms with E-state index in [0.717, 1.165) is 38.5 Å². The number of rotatable bonds is 54. The van der Waals surface area contributed by atoms with E-state index in [9.17, 15) is 19.9 Å². The summed E-state index contributed by atoms with van der Waals surface area (Å²) in [6.07, 6.45) is 55.8. The van der Waals surface area contributed by atoms with Crippen LogP contribution < -0.4 is 0 Å². The Balaban J connectivity index is 5.09. The van der Waals surface area contributed by atoms with Crippen LogP contribution in [-0.4, -0.2) is 35.1 Å². The minimum absolute atomic E-state index is 0.0652. The van der Waals surface area contributed by atoms with Crippen LogP contribution in [0, 0.1) is 0 Å². The molecule has 0 aliphatic heterocycles. The molecule has 0 spiro atoms. The Hall–Kier alpha value is -1.27. The minimum atomic E-state index is -4.16. The molecule has 0 heterocycles. The number of hydrogen-bond donors (Lipinski definition) is 3. The van der Waals surface area contributed by atoms with E-state index in [2.05, 4.69) is 20.8 Å². The Bertz CT molecular complexity index is 1080. The summed E-state index contributed by atoms with van der Waals surface area (Å²) in [6, 6.07) is 0. The van der Waals surface area contributed by atoms with Crippen LogP contribution in [-0.2, 0) is 18.1 Å². The number of aliphatic hydroxyl groups is 3. The van der Waals surface area contributed by atoms with E-state index in [1.807, 2.05) is 0 Å². The van der Waals surface area contributed by atoms with Gasteiger partial charge in [-0.25, -0.2) is 4.57 Å². The molecule has 0 aromatic carbocycles. The number of allylic oxidation sites excluding steroid dienone is 3. The average Bonchev–Trinajstić information content (AvgIpc) is 3.31. The topological polar surface area (TPSA) is 105 Å². The average molecular weight is 982 g/mol. The first kappa shape index (κ1) is 66.7. The van der Waals surface area contributed by atoms with Gasteiger partial charge in [-0.2, -0.15) is 0 Å². The standard InChI is InChI=1S/C60H117O7P/c1-7-10-13-16-19-22-25-28-31-34-37-40-43-46-49-58(55(4)61)52-65-68(64,66-53-59(56(5)62)50-47-44-41-38-35-32-29-26-23-20-17-14-11-8-2)67-54-60(57(6)63)51-48-45-42-39-36-33-30-27-24-21-18-15-12-9-3/h61-63H,7-54H2,1-6H3/b58-55-,59-56-,60-57-. The summed E-state index contributed by atoms with van der Waals surface area (Å²) in [7, 11) is -4.16. The predicted octanol–water partition coefficient (Wildman–Crippen LogP) is 22.3. The lowest BCUT2D eigenvalue weighted by molar-refractivity contribution is 0.129. The SMILES string of the molecule is CCCCCCCCCCCCCCCC/C(COP(=O)(OC/C(CCCCCCCCCCCCCCCC)=C(/C)O)OC/C(CCCCCCCCCCCCCCCC)=C(/C)O)=C(\C)O. The van der Waals surface area contributed by atoms with Crippen molar-refractivity contribution >= 4 is 7.82 Å². The summed E-state index contributed by atoms with van der Waals surface area (Å²) >= 11 is 0. The Kier molecular flexibility index (Phi) is 49.7. The molecule has 0 saturated heterocycles. The second-order valence-electron chi connectivity index (χ2n) is 20.9. The van der Waals surface area contributed by atoms with Gasteiger partial charge in [0.1, 0.15) is 0 Å². The second-order valence-corrected chi connectivity index (χ2v) is 22.5. The largest absolute Gasteiger partial charge is 0.513 e. The maximum absolute atomic E-state index is 14.4. The summed E-state index contributed by atoms with van der Waals surface area (Å²) < 4.78 is 32.5. The highest BCUT2D eigenvalue weighted by Gasteiger charge is 2.29. The number of aliphatic hydroxyl groups excluding tert-OH is 3. The van der Waals surface area contributed by atoms with Crippen LogP contribution in [0.25, 0.3) is 0 Å². The lowest BCUT2D eigenvalue weighted by Crippen LogP contribution is -2.10. The molecule has 7 nitrogen and oxygen atoms in total. The molecule has 0 aliphatic rings. The summed E-state index contributed by atoms with van der Waals surface area (Å²) in [5.41, 5.74) is 2.10. The molecule has 0 fully saturated rings. The fourth-order valence-electron chi connectivity index (χ4n) is 9.25. The molecule has 0 amide bonds. The number of unbranched alkanes of at least 4 members (excludes halogenated alkanes) is 39. The normalized spacial score (nSPS) is 13.3. The molecule has 0 unspecified atom stereocenters. The van der Waals surface area contributed by atoms with E-state index in [-0.39, 0.29) is 37.1 Å². The van der Waals surface area contributed by atoms with Crippen molar-refractivity contribution in [2.24, 2.45) is 0 Å². The third-order valence-electron chi connectivity index (χ3n) is 14.2. The van der Waals surface area contributed by atoms with Crippen molar-refractivity contribution in [1.29, 1.82) is 0 Å². The van der Waals surface area contributed by atoms with Crippen molar-refractivity contribution in [2.45, 2.75) is 330 Å². The van der Waals surface area contributed by atoms with E-state index >= 15 is 0 Å². The van der Waals surface area contributed by atoms with Gasteiger partial charge in [0, 0.05) is 0 Å². The van der Waals surface area contributed by atoms with Crippen molar-refractivity contribution in [3.8, 4) is 0 Å². The molecular formula is C60H117O7P. The van der Waals surface area contributed by atoms with Gasteiger partial charge in [0.2, 0.25) is 0 Å². The van der Waals surface area contributed by atoms with Gasteiger partial charge in [0.15, 0.2) is 0 Å². The highest BCUT2D eigenvalue weighted by Crippen LogP contribution is 2.51. The zero-order chi connectivity index (χ0) is 50.0. The van der Waals surface area contributed by atoms with Gasteiger partial charge in [0.25, 0.3) is 0 Å². The van der Waals surface area contributed by atoms with Crippen LogP contribution in [0.5, 0.6) is 0 Å². The predicted molar refractivity (Wildman–Crippen MR) is 296 cm³/mol. The molecular weight excluding hydrogens is 864 g/mol. The lowest BCUT2D eigenvalue weighted by Gasteiger charge is -2.21. The monoisotopic (exact) mass is 981 g/mol. The molecule has 0 aliphatic carbocycles. The first-order valence-corrected chi connectivity index (χ1v) is 31.2. The smallest absolute Gasteiger partial charge is 0.475 e. The Morgan fingerprint density at radius 1 is 0.279 bits per heavy atom. The van der Waals surface area contributed by atoms with Crippen LogP contribution in [0.15, 0.2) is 34.0 Å². The molecule has 0 aromatic heterocycles. The van der Waals surface area contributed by atoms with Gasteiger partial charge in [-0.05, 0) is 76.0 Å². The fourth-order valence-corrected chi connectivity index (χ4v) is 10.4. The molecule has 8 heteroatoms. The Morgan fingerprint density at radius 3 is 0.574 bits per heavy atom. The van der Waals surface area contributed by atoms with Crippen molar-refractivity contribution in [3.05, 3.63) is 34.0 Å². The van der Waals surface area contributed by atoms with Crippen LogP contribution in [0.3, 0.4) is 0 Å². The maximum atomic E-state index is 14.4. The van der Waals surface area contributed by atoms with E-state index in [0.29, 0.717) is 36.0 Å². The van der Waals surface area contributed by atoms with Gasteiger partial charge >= 0.3 is 7.82 Å². The first-order chi connectivity index (χ1) is 33.1. The van der Waals surface area contributed by atoms with Gasteiger partial charge in [-0.1, -0.05) is 271 Å². The molecule has 0 saturated carbocycles. The molecule has 404 valence electrons. The van der Waals surface area contributed by atoms with Gasteiger partial charge in [0.05, 0.1) is 37.1 Å². The van der Waals surface area contributed by atoms with Gasteiger partial charge in [-0.3, -0.25) is 13.6 Å². The molecule has 0 rings (SSSR count). The van der Waals surface area contributed by atoms with E-state index < -0.39 is 7.82 Å². The summed E-state index contributed by atoms with van der Waals surface area (Å²) in [6.45, 7) is 11.6. The lowest BCUT2D eigenvalue weighted by atomic mass is 10.0. The molecule has 68 heavy (non-hydrogen) atoms. The highest BCUT2D eigenvalue weighted by atomic mass is 31.2. The number of phosphoric acid groups is 1. The van der Waals surface area contributed by atoms with Crippen molar-refractivity contribution in [2.75, 3.05) is 19.8 Å².